The van der Waals surface area contributed by atoms with Crippen molar-refractivity contribution in [3.63, 3.8) is 0 Å². The summed E-state index contributed by atoms with van der Waals surface area (Å²) in [6, 6.07) is 17.9. The number of aromatic nitrogens is 1. The van der Waals surface area contributed by atoms with Crippen molar-refractivity contribution in [3.8, 4) is 11.1 Å². The van der Waals surface area contributed by atoms with Crippen LogP contribution in [0.15, 0.2) is 67.0 Å². The molecule has 0 fully saturated rings. The number of anilines is 1. The molecule has 0 radical (unpaired) electrons. The van der Waals surface area contributed by atoms with Crippen molar-refractivity contribution in [2.75, 3.05) is 5.32 Å². The lowest BCUT2D eigenvalue weighted by atomic mass is 9.96. The van der Waals surface area contributed by atoms with E-state index in [-0.39, 0.29) is 5.56 Å². The molecule has 3 aromatic rings. The Hall–Kier alpha value is -3.14. The molecule has 0 bridgehead atoms. The van der Waals surface area contributed by atoms with Crippen LogP contribution in [0.1, 0.15) is 21.5 Å². The fourth-order valence-corrected chi connectivity index (χ4v) is 2.72. The highest BCUT2D eigenvalue weighted by Crippen LogP contribution is 2.27. The van der Waals surface area contributed by atoms with E-state index >= 15 is 0 Å². The van der Waals surface area contributed by atoms with Gasteiger partial charge in [-0.25, -0.2) is 4.79 Å². The predicted octanol–water partition coefficient (Wildman–Crippen LogP) is 4.37. The Kier molecular flexibility index (Phi) is 4.57. The third-order valence-electron chi connectivity index (χ3n) is 3.97. The molecule has 24 heavy (non-hydrogen) atoms. The molecule has 4 heteroatoms. The van der Waals surface area contributed by atoms with Crippen LogP contribution in [0, 0.1) is 6.92 Å². The lowest BCUT2D eigenvalue weighted by molar-refractivity contribution is 0.0698. The molecule has 0 amide bonds. The number of rotatable bonds is 5. The molecule has 4 nitrogen and oxygen atoms in total. The Morgan fingerprint density at radius 3 is 2.50 bits per heavy atom. The summed E-state index contributed by atoms with van der Waals surface area (Å²) in [5.41, 5.74) is 5.37. The molecule has 0 saturated heterocycles. The standard InChI is InChI=1S/C20H18N2O2/c1-14-6-2-4-8-16(14)17-9-5-3-7-15(17)12-22-19-13-21-11-10-18(19)20(23)24/h2-11,13,22H,12H2,1H3,(H,23,24). The van der Waals surface area contributed by atoms with Crippen LogP contribution in [-0.2, 0) is 6.54 Å². The average Bonchev–Trinajstić information content (AvgIpc) is 2.61. The number of nitrogens with one attached hydrogen (secondary N) is 1. The number of nitrogens with zero attached hydrogens (tertiary/aromatic N) is 1. The number of carbonyl (C=O) groups is 1. The molecule has 0 unspecified atom stereocenters. The summed E-state index contributed by atoms with van der Waals surface area (Å²) in [5.74, 6) is -0.966. The molecule has 0 saturated carbocycles. The monoisotopic (exact) mass is 318 g/mol. The summed E-state index contributed by atoms with van der Waals surface area (Å²) in [6.07, 6.45) is 3.02. The van der Waals surface area contributed by atoms with Crippen LogP contribution in [-0.4, -0.2) is 16.1 Å². The zero-order valence-corrected chi connectivity index (χ0v) is 13.4. The highest BCUT2D eigenvalue weighted by molar-refractivity contribution is 5.93. The minimum atomic E-state index is -0.966. The molecule has 120 valence electrons. The first kappa shape index (κ1) is 15.7. The maximum atomic E-state index is 11.3. The van der Waals surface area contributed by atoms with Crippen molar-refractivity contribution in [2.45, 2.75) is 13.5 Å². The predicted molar refractivity (Wildman–Crippen MR) is 95.1 cm³/mol. The van der Waals surface area contributed by atoms with E-state index in [1.54, 1.807) is 6.20 Å². The number of aryl methyl sites for hydroxylation is 1. The molecular formula is C20H18N2O2. The van der Waals surface area contributed by atoms with Gasteiger partial charge in [0, 0.05) is 12.7 Å². The number of hydrogen-bond donors (Lipinski definition) is 2. The van der Waals surface area contributed by atoms with Gasteiger partial charge in [0.2, 0.25) is 0 Å². The fourth-order valence-electron chi connectivity index (χ4n) is 2.72. The van der Waals surface area contributed by atoms with E-state index in [1.165, 1.54) is 23.4 Å². The van der Waals surface area contributed by atoms with E-state index in [0.29, 0.717) is 12.2 Å². The zero-order valence-electron chi connectivity index (χ0n) is 13.4. The number of hydrogen-bond acceptors (Lipinski definition) is 3. The van der Waals surface area contributed by atoms with Crippen LogP contribution in [0.2, 0.25) is 0 Å². The van der Waals surface area contributed by atoms with Gasteiger partial charge in [-0.1, -0.05) is 48.5 Å². The van der Waals surface area contributed by atoms with Crippen molar-refractivity contribution in [1.82, 2.24) is 4.98 Å². The first-order valence-electron chi connectivity index (χ1n) is 7.72. The average molecular weight is 318 g/mol. The maximum absolute atomic E-state index is 11.3. The van der Waals surface area contributed by atoms with E-state index in [1.807, 2.05) is 30.3 Å². The Labute approximate surface area is 140 Å². The molecule has 2 aromatic carbocycles. The van der Waals surface area contributed by atoms with Gasteiger partial charge in [0.15, 0.2) is 0 Å². The topological polar surface area (TPSA) is 62.2 Å². The molecule has 0 aliphatic carbocycles. The van der Waals surface area contributed by atoms with Gasteiger partial charge in [0.25, 0.3) is 0 Å². The minimum absolute atomic E-state index is 0.221. The Balaban J connectivity index is 1.90. The Morgan fingerprint density at radius 1 is 1.04 bits per heavy atom. The molecular weight excluding hydrogens is 300 g/mol. The normalized spacial score (nSPS) is 10.4. The molecule has 0 atom stereocenters. The van der Waals surface area contributed by atoms with Crippen molar-refractivity contribution < 1.29 is 9.90 Å². The van der Waals surface area contributed by atoms with Crippen LogP contribution in [0.5, 0.6) is 0 Å². The molecule has 1 aromatic heterocycles. The van der Waals surface area contributed by atoms with Gasteiger partial charge in [0.05, 0.1) is 17.4 Å². The van der Waals surface area contributed by atoms with Gasteiger partial charge in [-0.05, 0) is 35.2 Å². The second kappa shape index (κ2) is 6.96. The van der Waals surface area contributed by atoms with Gasteiger partial charge in [-0.2, -0.15) is 0 Å². The van der Waals surface area contributed by atoms with Crippen molar-refractivity contribution in [3.05, 3.63) is 83.7 Å². The van der Waals surface area contributed by atoms with Crippen molar-refractivity contribution in [2.24, 2.45) is 0 Å². The van der Waals surface area contributed by atoms with Crippen LogP contribution >= 0.6 is 0 Å². The first-order chi connectivity index (χ1) is 11.7. The summed E-state index contributed by atoms with van der Waals surface area (Å²) in [7, 11) is 0. The molecule has 2 N–H and O–H groups in total. The molecule has 1 heterocycles. The minimum Gasteiger partial charge on any atom is -0.478 e. The first-order valence-corrected chi connectivity index (χ1v) is 7.72. The summed E-state index contributed by atoms with van der Waals surface area (Å²) in [5, 5.41) is 12.5. The zero-order chi connectivity index (χ0) is 16.9. The number of carboxylic acid groups (broad SMARTS) is 1. The summed E-state index contributed by atoms with van der Waals surface area (Å²) >= 11 is 0. The molecule has 0 spiro atoms. The third kappa shape index (κ3) is 3.27. The van der Waals surface area contributed by atoms with Crippen molar-refractivity contribution in [1.29, 1.82) is 0 Å². The van der Waals surface area contributed by atoms with Crippen LogP contribution in [0.3, 0.4) is 0 Å². The van der Waals surface area contributed by atoms with Gasteiger partial charge in [0.1, 0.15) is 0 Å². The van der Waals surface area contributed by atoms with E-state index < -0.39 is 5.97 Å². The molecule has 3 rings (SSSR count). The maximum Gasteiger partial charge on any atom is 0.337 e. The Bertz CT molecular complexity index is 875. The number of aromatic carboxylic acids is 1. The van der Waals surface area contributed by atoms with Crippen LogP contribution in [0.4, 0.5) is 5.69 Å². The van der Waals surface area contributed by atoms with Crippen LogP contribution < -0.4 is 5.32 Å². The lowest BCUT2D eigenvalue weighted by Gasteiger charge is -2.14. The Morgan fingerprint density at radius 2 is 1.75 bits per heavy atom. The van der Waals surface area contributed by atoms with E-state index in [2.05, 4.69) is 35.4 Å². The smallest absolute Gasteiger partial charge is 0.337 e. The van der Waals surface area contributed by atoms with E-state index in [9.17, 15) is 9.90 Å². The fraction of sp³-hybridized carbons (Fsp3) is 0.100. The summed E-state index contributed by atoms with van der Waals surface area (Å²) < 4.78 is 0. The number of benzene rings is 2. The largest absolute Gasteiger partial charge is 0.478 e. The third-order valence-corrected chi connectivity index (χ3v) is 3.97. The van der Waals surface area contributed by atoms with Crippen molar-refractivity contribution >= 4 is 11.7 Å². The van der Waals surface area contributed by atoms with E-state index in [0.717, 1.165) is 11.1 Å². The van der Waals surface area contributed by atoms with Gasteiger partial charge >= 0.3 is 5.97 Å². The summed E-state index contributed by atoms with van der Waals surface area (Å²) in [4.78, 5) is 15.3. The second-order valence-corrected chi connectivity index (χ2v) is 5.55. The van der Waals surface area contributed by atoms with Gasteiger partial charge < -0.3 is 10.4 Å². The van der Waals surface area contributed by atoms with Gasteiger partial charge in [-0.15, -0.1) is 0 Å². The highest BCUT2D eigenvalue weighted by Gasteiger charge is 2.11. The van der Waals surface area contributed by atoms with E-state index in [4.69, 9.17) is 0 Å². The molecule has 0 aliphatic heterocycles. The number of carboxylic acids is 1. The van der Waals surface area contributed by atoms with Gasteiger partial charge in [-0.3, -0.25) is 4.98 Å². The van der Waals surface area contributed by atoms with Crippen LogP contribution in [0.25, 0.3) is 11.1 Å². The quantitative estimate of drug-likeness (QED) is 0.733. The SMILES string of the molecule is Cc1ccccc1-c1ccccc1CNc1cnccc1C(=O)O. The summed E-state index contributed by atoms with van der Waals surface area (Å²) in [6.45, 7) is 2.61. The second-order valence-electron chi connectivity index (χ2n) is 5.55. The lowest BCUT2D eigenvalue weighted by Crippen LogP contribution is -2.07. The highest BCUT2D eigenvalue weighted by atomic mass is 16.4. The molecule has 0 aliphatic rings. The number of pyridine rings is 1.